The van der Waals surface area contributed by atoms with Gasteiger partial charge in [0, 0.05) is 17.1 Å². The number of ether oxygens (including phenoxy) is 1. The predicted octanol–water partition coefficient (Wildman–Crippen LogP) is 4.06. The first-order valence-corrected chi connectivity index (χ1v) is 8.47. The smallest absolute Gasteiger partial charge is 0.122 e. The standard InChI is InChI=1S/C17H22N2OS/c1-3-18-15(17-11-19-12(2)21-17)10-13-8-9-20-16-7-5-4-6-14(13)16/h4-7,11,13,15,18H,3,8-10H2,1-2H3. The van der Waals surface area contributed by atoms with E-state index in [2.05, 4.69) is 48.4 Å². The molecule has 4 heteroatoms. The summed E-state index contributed by atoms with van der Waals surface area (Å²) in [5.41, 5.74) is 1.35. The molecule has 3 rings (SSSR count). The third-order valence-electron chi connectivity index (χ3n) is 4.04. The van der Waals surface area contributed by atoms with E-state index in [0.29, 0.717) is 12.0 Å². The Hall–Kier alpha value is -1.39. The zero-order chi connectivity index (χ0) is 14.7. The van der Waals surface area contributed by atoms with Crippen molar-refractivity contribution in [1.82, 2.24) is 10.3 Å². The molecule has 0 bridgehead atoms. The summed E-state index contributed by atoms with van der Waals surface area (Å²) in [4.78, 5) is 5.76. The summed E-state index contributed by atoms with van der Waals surface area (Å²) in [5.74, 6) is 1.62. The normalized spacial score (nSPS) is 18.9. The van der Waals surface area contributed by atoms with Gasteiger partial charge in [0.2, 0.25) is 0 Å². The van der Waals surface area contributed by atoms with Crippen LogP contribution in [0.4, 0.5) is 0 Å². The lowest BCUT2D eigenvalue weighted by molar-refractivity contribution is 0.256. The molecule has 0 saturated carbocycles. The number of aromatic nitrogens is 1. The van der Waals surface area contributed by atoms with E-state index >= 15 is 0 Å². The third-order valence-corrected chi connectivity index (χ3v) is 5.06. The van der Waals surface area contributed by atoms with Gasteiger partial charge in [0.05, 0.1) is 11.6 Å². The Bertz CT molecular complexity index is 596. The van der Waals surface area contributed by atoms with Crippen LogP contribution in [0.1, 0.15) is 47.2 Å². The second kappa shape index (κ2) is 6.58. The van der Waals surface area contributed by atoms with Gasteiger partial charge in [-0.1, -0.05) is 25.1 Å². The predicted molar refractivity (Wildman–Crippen MR) is 87.2 cm³/mol. The van der Waals surface area contributed by atoms with Gasteiger partial charge in [0.1, 0.15) is 5.75 Å². The van der Waals surface area contributed by atoms with Crippen molar-refractivity contribution in [1.29, 1.82) is 0 Å². The number of thiazole rings is 1. The van der Waals surface area contributed by atoms with Crippen molar-refractivity contribution in [3.05, 3.63) is 45.9 Å². The summed E-state index contributed by atoms with van der Waals surface area (Å²) >= 11 is 1.80. The van der Waals surface area contributed by atoms with Gasteiger partial charge in [0.25, 0.3) is 0 Å². The Morgan fingerprint density at radius 1 is 1.43 bits per heavy atom. The van der Waals surface area contributed by atoms with Crippen molar-refractivity contribution in [2.24, 2.45) is 0 Å². The van der Waals surface area contributed by atoms with Crippen molar-refractivity contribution < 1.29 is 4.74 Å². The minimum atomic E-state index is 0.386. The van der Waals surface area contributed by atoms with Crippen LogP contribution >= 0.6 is 11.3 Å². The molecule has 2 atom stereocenters. The summed E-state index contributed by atoms with van der Waals surface area (Å²) in [5, 5.41) is 4.76. The highest BCUT2D eigenvalue weighted by atomic mass is 32.1. The highest BCUT2D eigenvalue weighted by Crippen LogP contribution is 2.39. The van der Waals surface area contributed by atoms with Crippen LogP contribution in [0, 0.1) is 6.92 Å². The molecule has 0 fully saturated rings. The van der Waals surface area contributed by atoms with E-state index in [-0.39, 0.29) is 0 Å². The van der Waals surface area contributed by atoms with Gasteiger partial charge in [0.15, 0.2) is 0 Å². The van der Waals surface area contributed by atoms with Crippen molar-refractivity contribution >= 4 is 11.3 Å². The van der Waals surface area contributed by atoms with Crippen LogP contribution in [0.3, 0.4) is 0 Å². The molecule has 0 aliphatic carbocycles. The van der Waals surface area contributed by atoms with Gasteiger partial charge in [-0.2, -0.15) is 0 Å². The average Bonchev–Trinajstić information content (AvgIpc) is 2.94. The van der Waals surface area contributed by atoms with E-state index in [4.69, 9.17) is 4.74 Å². The van der Waals surface area contributed by atoms with Crippen LogP contribution in [0.5, 0.6) is 5.75 Å². The van der Waals surface area contributed by atoms with E-state index in [9.17, 15) is 0 Å². The minimum Gasteiger partial charge on any atom is -0.493 e. The molecule has 2 unspecified atom stereocenters. The molecule has 1 N–H and O–H groups in total. The van der Waals surface area contributed by atoms with E-state index in [1.807, 2.05) is 6.20 Å². The number of nitrogens with zero attached hydrogens (tertiary/aromatic N) is 1. The monoisotopic (exact) mass is 302 g/mol. The number of hydrogen-bond donors (Lipinski definition) is 1. The van der Waals surface area contributed by atoms with Gasteiger partial charge in [-0.05, 0) is 43.9 Å². The fraction of sp³-hybridized carbons (Fsp3) is 0.471. The maximum Gasteiger partial charge on any atom is 0.122 e. The second-order valence-corrected chi connectivity index (χ2v) is 6.77. The zero-order valence-corrected chi connectivity index (χ0v) is 13.5. The molecule has 3 nitrogen and oxygen atoms in total. The highest BCUT2D eigenvalue weighted by Gasteiger charge is 2.25. The molecule has 1 aliphatic rings. The van der Waals surface area contributed by atoms with Crippen LogP contribution in [0.15, 0.2) is 30.5 Å². The fourth-order valence-corrected chi connectivity index (χ4v) is 3.90. The Labute approximate surface area is 130 Å². The average molecular weight is 302 g/mol. The molecule has 21 heavy (non-hydrogen) atoms. The first-order valence-electron chi connectivity index (χ1n) is 7.65. The molecule has 2 heterocycles. The van der Waals surface area contributed by atoms with Crippen LogP contribution in [-0.4, -0.2) is 18.1 Å². The van der Waals surface area contributed by atoms with Crippen molar-refractivity contribution in [3.8, 4) is 5.75 Å². The topological polar surface area (TPSA) is 34.1 Å². The first kappa shape index (κ1) is 14.5. The SMILES string of the molecule is CCNC(CC1CCOc2ccccc21)c1cnc(C)s1. The summed E-state index contributed by atoms with van der Waals surface area (Å²) in [6.07, 6.45) is 4.23. The molecule has 1 aliphatic heterocycles. The number of rotatable bonds is 5. The van der Waals surface area contributed by atoms with Gasteiger partial charge in [-0.25, -0.2) is 4.98 Å². The highest BCUT2D eigenvalue weighted by molar-refractivity contribution is 7.11. The molecule has 2 aromatic rings. The molecule has 1 aromatic carbocycles. The number of aryl methyl sites for hydroxylation is 1. The molecule has 0 saturated heterocycles. The number of hydrogen-bond acceptors (Lipinski definition) is 4. The molecule has 0 radical (unpaired) electrons. The lowest BCUT2D eigenvalue weighted by atomic mass is 9.87. The van der Waals surface area contributed by atoms with E-state index in [1.165, 1.54) is 10.4 Å². The lowest BCUT2D eigenvalue weighted by Crippen LogP contribution is -2.24. The number of nitrogens with one attached hydrogen (secondary N) is 1. The van der Waals surface area contributed by atoms with Crippen LogP contribution < -0.4 is 10.1 Å². The zero-order valence-electron chi connectivity index (χ0n) is 12.6. The van der Waals surface area contributed by atoms with Crippen molar-refractivity contribution in [3.63, 3.8) is 0 Å². The Morgan fingerprint density at radius 2 is 2.29 bits per heavy atom. The molecule has 0 spiro atoms. The third kappa shape index (κ3) is 3.27. The van der Waals surface area contributed by atoms with Crippen molar-refractivity contribution in [2.75, 3.05) is 13.2 Å². The number of benzene rings is 1. The van der Waals surface area contributed by atoms with Crippen LogP contribution in [-0.2, 0) is 0 Å². The summed E-state index contributed by atoms with van der Waals surface area (Å²) in [7, 11) is 0. The summed E-state index contributed by atoms with van der Waals surface area (Å²) in [6, 6.07) is 8.84. The second-order valence-electron chi connectivity index (χ2n) is 5.50. The molecular formula is C17H22N2OS. The quantitative estimate of drug-likeness (QED) is 0.904. The van der Waals surface area contributed by atoms with E-state index < -0.39 is 0 Å². The van der Waals surface area contributed by atoms with Gasteiger partial charge in [-0.3, -0.25) is 0 Å². The largest absolute Gasteiger partial charge is 0.493 e. The van der Waals surface area contributed by atoms with Crippen LogP contribution in [0.2, 0.25) is 0 Å². The molecule has 1 aromatic heterocycles. The number of para-hydroxylation sites is 1. The van der Waals surface area contributed by atoms with Crippen molar-refractivity contribution in [2.45, 2.75) is 38.6 Å². The maximum absolute atomic E-state index is 5.77. The van der Waals surface area contributed by atoms with E-state index in [1.54, 1.807) is 11.3 Å². The van der Waals surface area contributed by atoms with E-state index in [0.717, 1.165) is 36.8 Å². The Morgan fingerprint density at radius 3 is 3.05 bits per heavy atom. The Balaban J connectivity index is 1.80. The van der Waals surface area contributed by atoms with Gasteiger partial charge in [-0.15, -0.1) is 11.3 Å². The fourth-order valence-electron chi connectivity index (χ4n) is 3.03. The molecule has 0 amide bonds. The van der Waals surface area contributed by atoms with Gasteiger partial charge < -0.3 is 10.1 Å². The molecule has 112 valence electrons. The summed E-state index contributed by atoms with van der Waals surface area (Å²) < 4.78 is 5.77. The summed E-state index contributed by atoms with van der Waals surface area (Å²) in [6.45, 7) is 6.04. The maximum atomic E-state index is 5.77. The minimum absolute atomic E-state index is 0.386. The lowest BCUT2D eigenvalue weighted by Gasteiger charge is -2.29. The van der Waals surface area contributed by atoms with Crippen LogP contribution in [0.25, 0.3) is 0 Å². The number of fused-ring (bicyclic) bond motifs is 1. The first-order chi connectivity index (χ1) is 10.3. The Kier molecular flexibility index (Phi) is 4.56. The van der Waals surface area contributed by atoms with Gasteiger partial charge >= 0.3 is 0 Å². The molecular weight excluding hydrogens is 280 g/mol.